The summed E-state index contributed by atoms with van der Waals surface area (Å²) in [5.41, 5.74) is 2.57. The van der Waals surface area contributed by atoms with Gasteiger partial charge in [-0.3, -0.25) is 0 Å². The molecule has 5 aromatic carbocycles. The van der Waals surface area contributed by atoms with E-state index in [0.717, 1.165) is 21.9 Å². The second kappa shape index (κ2) is 8.12. The molecule has 0 N–H and O–H groups in total. The average molecular weight is 451 g/mol. The SMILES string of the molecule is [2H]c1c([2H])c([2H])c2c([2H])c(-c3nc(Cl)nc(-c4ccc5ccc(-c6ccccc6)cc5c4)n3)c([2H])c([2H])c2c1[2H]. The molecule has 0 atom stereocenters. The lowest BCUT2D eigenvalue weighted by molar-refractivity contribution is 1.07. The van der Waals surface area contributed by atoms with Gasteiger partial charge in [-0.05, 0) is 62.4 Å². The van der Waals surface area contributed by atoms with Gasteiger partial charge in [-0.2, -0.15) is 9.97 Å². The first-order valence-electron chi connectivity index (χ1n) is 13.7. The van der Waals surface area contributed by atoms with Gasteiger partial charge in [-0.15, -0.1) is 0 Å². The lowest BCUT2D eigenvalue weighted by Crippen LogP contribution is -1.97. The Kier molecular flexibility index (Phi) is 3.31. The van der Waals surface area contributed by atoms with Crippen LogP contribution in [0.2, 0.25) is 5.28 Å². The van der Waals surface area contributed by atoms with Crippen molar-refractivity contribution in [1.82, 2.24) is 15.0 Å². The summed E-state index contributed by atoms with van der Waals surface area (Å²) >= 11 is 6.29. The van der Waals surface area contributed by atoms with Gasteiger partial charge in [-0.1, -0.05) is 90.9 Å². The summed E-state index contributed by atoms with van der Waals surface area (Å²) in [6.45, 7) is 0. The third-order valence-electron chi connectivity index (χ3n) is 5.29. The van der Waals surface area contributed by atoms with Crippen molar-refractivity contribution in [2.24, 2.45) is 0 Å². The molecule has 33 heavy (non-hydrogen) atoms. The van der Waals surface area contributed by atoms with Crippen molar-refractivity contribution in [2.45, 2.75) is 0 Å². The number of hydrogen-bond donors (Lipinski definition) is 0. The van der Waals surface area contributed by atoms with Crippen LogP contribution in [0.1, 0.15) is 9.60 Å². The predicted molar refractivity (Wildman–Crippen MR) is 136 cm³/mol. The van der Waals surface area contributed by atoms with Crippen LogP contribution in [0.15, 0.2) is 109 Å². The third-order valence-corrected chi connectivity index (χ3v) is 5.46. The van der Waals surface area contributed by atoms with Crippen LogP contribution in [0.5, 0.6) is 0 Å². The fourth-order valence-corrected chi connectivity index (χ4v) is 3.84. The molecule has 3 nitrogen and oxygen atoms in total. The molecule has 0 unspecified atom stereocenters. The van der Waals surface area contributed by atoms with Crippen LogP contribution >= 0.6 is 11.6 Å². The molecule has 0 saturated heterocycles. The van der Waals surface area contributed by atoms with E-state index >= 15 is 0 Å². The summed E-state index contributed by atoms with van der Waals surface area (Å²) in [5.74, 6) is 0.0633. The molecule has 0 radical (unpaired) electrons. The monoisotopic (exact) mass is 450 g/mol. The van der Waals surface area contributed by atoms with Crippen molar-refractivity contribution in [2.75, 3.05) is 0 Å². The summed E-state index contributed by atoms with van der Waals surface area (Å²) in [6.07, 6.45) is 0. The first kappa shape index (κ1) is 13.5. The molecule has 0 aliphatic heterocycles. The number of benzene rings is 5. The number of fused-ring (bicyclic) bond motifs is 2. The molecule has 0 amide bonds. The van der Waals surface area contributed by atoms with Gasteiger partial charge in [0, 0.05) is 11.1 Å². The second-order valence-electron chi connectivity index (χ2n) is 7.39. The van der Waals surface area contributed by atoms with Crippen molar-refractivity contribution in [3.05, 3.63) is 114 Å². The zero-order valence-electron chi connectivity index (χ0n) is 24.1. The van der Waals surface area contributed by atoms with Crippen LogP contribution in [-0.4, -0.2) is 15.0 Å². The highest BCUT2D eigenvalue weighted by atomic mass is 35.5. The molecular weight excluding hydrogens is 426 g/mol. The molecule has 0 fully saturated rings. The number of nitrogens with zero attached hydrogens (tertiary/aromatic N) is 3. The molecule has 0 aliphatic carbocycles. The summed E-state index contributed by atoms with van der Waals surface area (Å²) < 4.78 is 58.4. The minimum atomic E-state index is -0.533. The fraction of sp³-hybridized carbons (Fsp3) is 0. The van der Waals surface area contributed by atoms with Crippen LogP contribution in [-0.2, 0) is 0 Å². The Morgan fingerprint density at radius 2 is 1.24 bits per heavy atom. The van der Waals surface area contributed by atoms with Crippen LogP contribution < -0.4 is 0 Å². The maximum Gasteiger partial charge on any atom is 0.226 e. The van der Waals surface area contributed by atoms with E-state index in [1.54, 1.807) is 0 Å². The van der Waals surface area contributed by atoms with Crippen LogP contribution in [0.3, 0.4) is 0 Å². The Morgan fingerprint density at radius 3 is 2.06 bits per heavy atom. The Labute approximate surface area is 206 Å². The highest BCUT2D eigenvalue weighted by Crippen LogP contribution is 2.29. The Morgan fingerprint density at radius 1 is 0.545 bits per heavy atom. The normalized spacial score (nSPS) is 14.2. The van der Waals surface area contributed by atoms with E-state index in [2.05, 4.69) is 21.0 Å². The fourth-order valence-electron chi connectivity index (χ4n) is 3.68. The highest BCUT2D eigenvalue weighted by Gasteiger charge is 2.11. The first-order valence-corrected chi connectivity index (χ1v) is 10.5. The van der Waals surface area contributed by atoms with E-state index in [1.165, 1.54) is 0 Å². The lowest BCUT2D eigenvalue weighted by atomic mass is 10.00. The van der Waals surface area contributed by atoms with Crippen molar-refractivity contribution >= 4 is 33.1 Å². The highest BCUT2D eigenvalue weighted by molar-refractivity contribution is 6.28. The summed E-state index contributed by atoms with van der Waals surface area (Å²) in [4.78, 5) is 12.9. The van der Waals surface area contributed by atoms with Crippen LogP contribution in [0, 0.1) is 0 Å². The van der Waals surface area contributed by atoms with Gasteiger partial charge >= 0.3 is 0 Å². The molecule has 0 bridgehead atoms. The number of rotatable bonds is 3. The van der Waals surface area contributed by atoms with Crippen LogP contribution in [0.25, 0.3) is 55.4 Å². The molecule has 1 aromatic heterocycles. The largest absolute Gasteiger partial charge is 0.226 e. The van der Waals surface area contributed by atoms with Gasteiger partial charge in [0.05, 0.1) is 9.60 Å². The quantitative estimate of drug-likeness (QED) is 0.275. The zero-order valence-corrected chi connectivity index (χ0v) is 17.8. The van der Waals surface area contributed by atoms with E-state index in [0.29, 0.717) is 5.56 Å². The van der Waals surface area contributed by atoms with Gasteiger partial charge in [-0.25, -0.2) is 4.98 Å². The van der Waals surface area contributed by atoms with E-state index in [-0.39, 0.29) is 39.3 Å². The molecular formula is C29H18ClN3. The topological polar surface area (TPSA) is 38.7 Å². The van der Waals surface area contributed by atoms with Crippen molar-refractivity contribution in [1.29, 1.82) is 0 Å². The van der Waals surface area contributed by atoms with Crippen molar-refractivity contribution < 1.29 is 9.60 Å². The summed E-state index contributed by atoms with van der Waals surface area (Å²) in [6, 6.07) is 18.5. The summed E-state index contributed by atoms with van der Waals surface area (Å²) in [7, 11) is 0. The van der Waals surface area contributed by atoms with E-state index in [4.69, 9.17) is 21.2 Å². The molecule has 0 spiro atoms. The van der Waals surface area contributed by atoms with Gasteiger partial charge in [0.2, 0.25) is 5.28 Å². The second-order valence-corrected chi connectivity index (χ2v) is 7.73. The summed E-state index contributed by atoms with van der Waals surface area (Å²) in [5, 5.41) is 1.38. The molecule has 0 aliphatic rings. The number of halogens is 1. The van der Waals surface area contributed by atoms with Gasteiger partial charge in [0.1, 0.15) is 0 Å². The van der Waals surface area contributed by atoms with Crippen molar-refractivity contribution in [3.63, 3.8) is 0 Å². The Hall–Kier alpha value is -4.08. The van der Waals surface area contributed by atoms with E-state index in [1.807, 2.05) is 60.7 Å². The average Bonchev–Trinajstić information content (AvgIpc) is 2.96. The van der Waals surface area contributed by atoms with Gasteiger partial charge in [0.25, 0.3) is 0 Å². The zero-order chi connectivity index (χ0) is 28.3. The predicted octanol–water partition coefficient (Wildman–Crippen LogP) is 7.83. The van der Waals surface area contributed by atoms with E-state index in [9.17, 15) is 0 Å². The third kappa shape index (κ3) is 3.84. The maximum atomic E-state index is 8.78. The minimum Gasteiger partial charge on any atom is -0.208 e. The molecule has 4 heteroatoms. The first-order chi connectivity index (χ1) is 19.2. The maximum absolute atomic E-state index is 8.78. The van der Waals surface area contributed by atoms with Crippen LogP contribution in [0.4, 0.5) is 0 Å². The molecule has 6 aromatic rings. The molecule has 156 valence electrons. The lowest BCUT2D eigenvalue weighted by Gasteiger charge is -2.08. The van der Waals surface area contributed by atoms with Gasteiger partial charge < -0.3 is 0 Å². The smallest absolute Gasteiger partial charge is 0.208 e. The minimum absolute atomic E-state index is 0.133. The number of hydrogen-bond acceptors (Lipinski definition) is 3. The molecule has 6 rings (SSSR count). The Balaban J connectivity index is 1.54. The molecule has 1 heterocycles. The van der Waals surface area contributed by atoms with Crippen molar-refractivity contribution in [3.8, 4) is 33.9 Å². The van der Waals surface area contributed by atoms with Gasteiger partial charge in [0.15, 0.2) is 11.6 Å². The molecule has 0 saturated carbocycles. The standard InChI is InChI=1S/C29H18ClN3/c30-29-32-27(24-14-11-20-8-4-5-9-22(20)16-24)31-28(33-29)25-15-12-21-10-13-23(17-26(21)18-25)19-6-2-1-3-7-19/h1-18H/i4D,5D,8D,9D,11D,14D,16D. The number of aromatic nitrogens is 3. The van der Waals surface area contributed by atoms with E-state index < -0.39 is 36.3 Å². The Bertz CT molecular complexity index is 2000.